The number of carboxylic acids is 2. The maximum Gasteiger partial charge on any atom is 0.326 e. The van der Waals surface area contributed by atoms with Crippen molar-refractivity contribution >= 4 is 29.7 Å². The van der Waals surface area contributed by atoms with Gasteiger partial charge in [0.2, 0.25) is 17.7 Å². The fourth-order valence-electron chi connectivity index (χ4n) is 3.61. The zero-order valence-corrected chi connectivity index (χ0v) is 21.1. The monoisotopic (exact) mass is 544 g/mol. The molecule has 0 aromatic heterocycles. The third-order valence-corrected chi connectivity index (χ3v) is 5.70. The van der Waals surface area contributed by atoms with E-state index in [1.807, 2.05) is 0 Å². The van der Waals surface area contributed by atoms with Crippen molar-refractivity contribution in [3.8, 4) is 5.75 Å². The van der Waals surface area contributed by atoms with E-state index in [2.05, 4.69) is 16.0 Å². The lowest BCUT2D eigenvalue weighted by Crippen LogP contribution is -2.60. The van der Waals surface area contributed by atoms with E-state index >= 15 is 0 Å². The Kier molecular flexibility index (Phi) is 11.4. The number of aliphatic hydroxyl groups is 1. The fraction of sp³-hybridized carbons (Fsp3) is 0.346. The average Bonchev–Trinajstić information content (AvgIpc) is 2.87. The number of aromatic hydroxyl groups is 1. The van der Waals surface area contributed by atoms with Crippen LogP contribution < -0.4 is 21.7 Å². The molecule has 13 heteroatoms. The van der Waals surface area contributed by atoms with Crippen LogP contribution in [-0.4, -0.2) is 80.4 Å². The van der Waals surface area contributed by atoms with Crippen LogP contribution in [0, 0.1) is 0 Å². The summed E-state index contributed by atoms with van der Waals surface area (Å²) >= 11 is 0. The minimum absolute atomic E-state index is 0.0364. The highest BCUT2D eigenvalue weighted by Crippen LogP contribution is 2.11. The third kappa shape index (κ3) is 10.1. The maximum absolute atomic E-state index is 13.1. The lowest BCUT2D eigenvalue weighted by Gasteiger charge is -2.26. The van der Waals surface area contributed by atoms with Gasteiger partial charge in [0.1, 0.15) is 23.9 Å². The molecular weight excluding hydrogens is 512 g/mol. The van der Waals surface area contributed by atoms with Crippen molar-refractivity contribution in [3.05, 3.63) is 65.7 Å². The number of nitrogens with one attached hydrogen (secondary N) is 3. The third-order valence-electron chi connectivity index (χ3n) is 5.70. The number of amides is 3. The van der Waals surface area contributed by atoms with Gasteiger partial charge in [-0.2, -0.15) is 0 Å². The first-order valence-corrected chi connectivity index (χ1v) is 12.0. The minimum atomic E-state index is -1.75. The molecule has 0 radical (unpaired) electrons. The Hall–Kier alpha value is -4.49. The Morgan fingerprint density at radius 1 is 0.769 bits per heavy atom. The summed E-state index contributed by atoms with van der Waals surface area (Å²) in [6.45, 7) is 1.25. The van der Waals surface area contributed by atoms with Crippen molar-refractivity contribution in [1.82, 2.24) is 16.0 Å². The molecule has 0 saturated heterocycles. The molecule has 39 heavy (non-hydrogen) atoms. The molecule has 2 aromatic carbocycles. The molecule has 0 aliphatic carbocycles. The number of carboxylic acid groups (broad SMARTS) is 2. The summed E-state index contributed by atoms with van der Waals surface area (Å²) in [5, 5.41) is 44.7. The molecule has 0 aliphatic heterocycles. The summed E-state index contributed by atoms with van der Waals surface area (Å²) in [6.07, 6.45) is -2.33. The van der Waals surface area contributed by atoms with Crippen molar-refractivity contribution in [3.63, 3.8) is 0 Å². The van der Waals surface area contributed by atoms with E-state index in [0.29, 0.717) is 11.1 Å². The Balaban J connectivity index is 2.18. The number of aliphatic hydroxyl groups excluding tert-OH is 1. The van der Waals surface area contributed by atoms with E-state index in [0.717, 1.165) is 0 Å². The van der Waals surface area contributed by atoms with E-state index in [4.69, 9.17) is 10.8 Å². The van der Waals surface area contributed by atoms with Crippen LogP contribution in [0.3, 0.4) is 0 Å². The molecule has 0 heterocycles. The molecule has 0 saturated carbocycles. The predicted molar refractivity (Wildman–Crippen MR) is 137 cm³/mol. The number of hydrogen-bond donors (Lipinski definition) is 8. The summed E-state index contributed by atoms with van der Waals surface area (Å²) in [6, 6.07) is 8.65. The Labute approximate surface area is 224 Å². The highest BCUT2D eigenvalue weighted by atomic mass is 16.4. The highest BCUT2D eigenvalue weighted by molar-refractivity contribution is 5.95. The molecule has 210 valence electrons. The zero-order valence-electron chi connectivity index (χ0n) is 21.1. The van der Waals surface area contributed by atoms with Gasteiger partial charge < -0.3 is 42.1 Å². The van der Waals surface area contributed by atoms with Crippen molar-refractivity contribution < 1.29 is 44.4 Å². The molecule has 2 rings (SSSR count). The van der Waals surface area contributed by atoms with Gasteiger partial charge in [0.05, 0.1) is 18.6 Å². The average molecular weight is 545 g/mol. The molecule has 2 aromatic rings. The fourth-order valence-corrected chi connectivity index (χ4v) is 3.61. The van der Waals surface area contributed by atoms with Gasteiger partial charge in [-0.05, 0) is 36.6 Å². The van der Waals surface area contributed by atoms with Crippen molar-refractivity contribution in [1.29, 1.82) is 0 Å². The summed E-state index contributed by atoms with van der Waals surface area (Å²) in [5.41, 5.74) is 7.19. The molecule has 0 fully saturated rings. The lowest BCUT2D eigenvalue weighted by atomic mass is 10.0. The van der Waals surface area contributed by atoms with Crippen LogP contribution >= 0.6 is 0 Å². The second-order valence-electron chi connectivity index (χ2n) is 8.95. The first-order chi connectivity index (χ1) is 18.4. The van der Waals surface area contributed by atoms with E-state index < -0.39 is 66.4 Å². The molecule has 13 nitrogen and oxygen atoms in total. The second-order valence-corrected chi connectivity index (χ2v) is 8.95. The normalized spacial score (nSPS) is 14.6. The van der Waals surface area contributed by atoms with Gasteiger partial charge in [0, 0.05) is 6.42 Å². The number of phenolic OH excluding ortho intramolecular Hbond substituents is 1. The molecular formula is C26H32N4O9. The van der Waals surface area contributed by atoms with Crippen LogP contribution in [0.1, 0.15) is 24.5 Å². The molecule has 0 aliphatic rings. The van der Waals surface area contributed by atoms with Crippen molar-refractivity contribution in [2.75, 3.05) is 0 Å². The Morgan fingerprint density at radius 2 is 1.33 bits per heavy atom. The quantitative estimate of drug-likeness (QED) is 0.143. The van der Waals surface area contributed by atoms with E-state index in [9.17, 15) is 39.3 Å². The predicted octanol–water partition coefficient (Wildman–Crippen LogP) is -1.10. The minimum Gasteiger partial charge on any atom is -0.508 e. The van der Waals surface area contributed by atoms with Gasteiger partial charge in [0.25, 0.3) is 0 Å². The summed E-state index contributed by atoms with van der Waals surface area (Å²) in [4.78, 5) is 61.2. The van der Waals surface area contributed by atoms with Gasteiger partial charge >= 0.3 is 11.9 Å². The molecule has 3 amide bonds. The standard InChI is InChI=1S/C26H32N4O9/c1-14(31)22(30-23(35)18(27)11-16-7-9-17(32)10-8-16)25(37)28-19(12-15-5-3-2-4-6-15)24(36)29-20(26(38)39)13-21(33)34/h2-10,14,18-20,22,31-32H,11-13,27H2,1H3,(H,28,37)(H,29,36)(H,30,35)(H,33,34)(H,38,39). The number of hydrogen-bond acceptors (Lipinski definition) is 8. The van der Waals surface area contributed by atoms with Crippen LogP contribution in [0.25, 0.3) is 0 Å². The number of nitrogens with two attached hydrogens (primary N) is 1. The van der Waals surface area contributed by atoms with Crippen LogP contribution in [0.5, 0.6) is 5.75 Å². The van der Waals surface area contributed by atoms with Crippen LogP contribution in [-0.2, 0) is 36.8 Å². The highest BCUT2D eigenvalue weighted by Gasteiger charge is 2.33. The van der Waals surface area contributed by atoms with Crippen LogP contribution in [0.15, 0.2) is 54.6 Å². The van der Waals surface area contributed by atoms with Crippen molar-refractivity contribution in [2.45, 2.75) is 56.5 Å². The number of rotatable bonds is 14. The first-order valence-electron chi connectivity index (χ1n) is 12.0. The van der Waals surface area contributed by atoms with Gasteiger partial charge in [-0.25, -0.2) is 4.79 Å². The summed E-state index contributed by atoms with van der Waals surface area (Å²) < 4.78 is 0. The Morgan fingerprint density at radius 3 is 1.87 bits per heavy atom. The molecule has 0 bridgehead atoms. The van der Waals surface area contributed by atoms with E-state index in [-0.39, 0.29) is 18.6 Å². The van der Waals surface area contributed by atoms with Crippen molar-refractivity contribution in [2.24, 2.45) is 5.73 Å². The molecule has 5 unspecified atom stereocenters. The summed E-state index contributed by atoms with van der Waals surface area (Å²) in [5.74, 6) is -5.68. The van der Waals surface area contributed by atoms with Gasteiger partial charge in [-0.15, -0.1) is 0 Å². The first kappa shape index (κ1) is 30.7. The summed E-state index contributed by atoms with van der Waals surface area (Å²) in [7, 11) is 0. The SMILES string of the molecule is CC(O)C(NC(=O)C(N)Cc1ccc(O)cc1)C(=O)NC(Cc1ccccc1)C(=O)NC(CC(=O)O)C(=O)O. The topological polar surface area (TPSA) is 228 Å². The van der Waals surface area contributed by atoms with Crippen LogP contribution in [0.4, 0.5) is 0 Å². The number of benzene rings is 2. The van der Waals surface area contributed by atoms with Crippen LogP contribution in [0.2, 0.25) is 0 Å². The van der Waals surface area contributed by atoms with Gasteiger partial charge in [-0.3, -0.25) is 19.2 Å². The smallest absolute Gasteiger partial charge is 0.326 e. The largest absolute Gasteiger partial charge is 0.508 e. The van der Waals surface area contributed by atoms with Gasteiger partial charge in [0.15, 0.2) is 0 Å². The van der Waals surface area contributed by atoms with E-state index in [1.165, 1.54) is 19.1 Å². The number of carbonyl (C=O) groups excluding carboxylic acids is 3. The Bertz CT molecular complexity index is 1160. The number of aliphatic carboxylic acids is 2. The molecule has 0 spiro atoms. The van der Waals surface area contributed by atoms with E-state index in [1.54, 1.807) is 42.5 Å². The second kappa shape index (κ2) is 14.4. The maximum atomic E-state index is 13.1. The number of phenols is 1. The lowest BCUT2D eigenvalue weighted by molar-refractivity contribution is -0.147. The molecule has 9 N–H and O–H groups in total. The zero-order chi connectivity index (χ0) is 29.1. The van der Waals surface area contributed by atoms with Gasteiger partial charge in [-0.1, -0.05) is 42.5 Å². The number of carbonyl (C=O) groups is 5. The molecule has 5 atom stereocenters.